The van der Waals surface area contributed by atoms with Crippen LogP contribution in [0.4, 0.5) is 5.82 Å². The molecule has 0 fully saturated rings. The number of fused-ring (bicyclic) bond motifs is 1. The smallest absolute Gasteiger partial charge is 0.254 e. The minimum atomic E-state index is -2.24. The summed E-state index contributed by atoms with van der Waals surface area (Å²) in [7, 11) is 0. The lowest BCUT2D eigenvalue weighted by molar-refractivity contribution is 0.796. The van der Waals surface area contributed by atoms with E-state index in [2.05, 4.69) is 15.1 Å². The van der Waals surface area contributed by atoms with Crippen LogP contribution in [0.1, 0.15) is 23.7 Å². The second kappa shape index (κ2) is 3.84. The van der Waals surface area contributed by atoms with E-state index < -0.39 is 6.85 Å². The van der Waals surface area contributed by atoms with Crippen LogP contribution in [0.5, 0.6) is 0 Å². The van der Waals surface area contributed by atoms with Crippen molar-refractivity contribution in [3.05, 3.63) is 18.1 Å². The van der Waals surface area contributed by atoms with Gasteiger partial charge < -0.3 is 4.90 Å². The lowest BCUT2D eigenvalue weighted by Crippen LogP contribution is -2.25. The summed E-state index contributed by atoms with van der Waals surface area (Å²) in [5.74, 6) is 1.01. The molecule has 0 amide bonds. The predicted octanol–water partition coefficient (Wildman–Crippen LogP) is 1.28. The maximum absolute atomic E-state index is 7.45. The molecule has 5 heteroatoms. The van der Waals surface area contributed by atoms with Crippen LogP contribution in [0.15, 0.2) is 12.4 Å². The first-order chi connectivity index (χ1) is 8.47. The summed E-state index contributed by atoms with van der Waals surface area (Å²) in [5, 5.41) is 4.08. The molecule has 2 rings (SSSR count). The Morgan fingerprint density at radius 2 is 2.27 bits per heavy atom. The van der Waals surface area contributed by atoms with Crippen LogP contribution < -0.4 is 4.90 Å². The van der Waals surface area contributed by atoms with Gasteiger partial charge in [-0.25, -0.2) is 4.98 Å². The molecule has 0 aliphatic heterocycles. The summed E-state index contributed by atoms with van der Waals surface area (Å²) in [5.41, 5.74) is 0.0462. The minimum Gasteiger partial charge on any atom is -0.357 e. The molecule has 0 aliphatic rings. The normalized spacial score (nSPS) is 14.7. The molecule has 2 heterocycles. The second-order valence-electron chi connectivity index (χ2n) is 3.14. The Hall–Kier alpha value is -1.65. The van der Waals surface area contributed by atoms with Crippen molar-refractivity contribution in [2.75, 3.05) is 18.0 Å². The van der Waals surface area contributed by atoms with Gasteiger partial charge in [0.1, 0.15) is 12.1 Å². The molecule has 0 atom stereocenters. The Morgan fingerprint density at radius 3 is 2.93 bits per heavy atom. The van der Waals surface area contributed by atoms with Crippen LogP contribution in [0.3, 0.4) is 0 Å². The van der Waals surface area contributed by atoms with Crippen LogP contribution in [0.2, 0.25) is 0 Å². The summed E-state index contributed by atoms with van der Waals surface area (Å²) in [4.78, 5) is 10.00. The Kier molecular flexibility index (Phi) is 1.73. The van der Waals surface area contributed by atoms with Gasteiger partial charge in [0.25, 0.3) is 5.78 Å². The standard InChI is InChI=1S/C10H15N5/c1-4-14(5-2)9-6-8(3)13-10-11-7-12-15(9)10/h6-7H,4-5H2,1-3H3/i3D3. The summed E-state index contributed by atoms with van der Waals surface area (Å²) in [6, 6.07) is 1.56. The van der Waals surface area contributed by atoms with Crippen LogP contribution >= 0.6 is 0 Å². The Balaban J connectivity index is 2.65. The van der Waals surface area contributed by atoms with Crippen molar-refractivity contribution >= 4 is 11.6 Å². The van der Waals surface area contributed by atoms with Gasteiger partial charge in [0, 0.05) is 29.0 Å². The molecule has 0 aromatic carbocycles. The van der Waals surface area contributed by atoms with Crippen LogP contribution in [0, 0.1) is 6.85 Å². The zero-order chi connectivity index (χ0) is 13.3. The molecule has 0 bridgehead atoms. The zero-order valence-electron chi connectivity index (χ0n) is 11.8. The quantitative estimate of drug-likeness (QED) is 0.762. The number of nitrogens with zero attached hydrogens (tertiary/aromatic N) is 5. The highest BCUT2D eigenvalue weighted by atomic mass is 15.4. The fraction of sp³-hybridized carbons (Fsp3) is 0.500. The van der Waals surface area contributed by atoms with Gasteiger partial charge in [-0.1, -0.05) is 0 Å². The number of aromatic nitrogens is 4. The number of anilines is 1. The van der Waals surface area contributed by atoms with E-state index in [1.807, 2.05) is 18.7 Å². The zero-order valence-corrected chi connectivity index (χ0v) is 8.80. The molecule has 80 valence electrons. The third kappa shape index (κ3) is 1.65. The van der Waals surface area contributed by atoms with E-state index in [4.69, 9.17) is 4.11 Å². The summed E-state index contributed by atoms with van der Waals surface area (Å²) >= 11 is 0. The van der Waals surface area contributed by atoms with E-state index in [1.165, 1.54) is 6.33 Å². The number of aryl methyl sites for hydroxylation is 1. The number of hydrogen-bond acceptors (Lipinski definition) is 4. The topological polar surface area (TPSA) is 46.3 Å². The molecule has 0 radical (unpaired) electrons. The van der Waals surface area contributed by atoms with Crippen molar-refractivity contribution in [1.29, 1.82) is 0 Å². The largest absolute Gasteiger partial charge is 0.357 e. The summed E-state index contributed by atoms with van der Waals surface area (Å²) in [6.45, 7) is 3.28. The van der Waals surface area contributed by atoms with Crippen molar-refractivity contribution in [2.24, 2.45) is 0 Å². The van der Waals surface area contributed by atoms with Crippen LogP contribution in [0.25, 0.3) is 5.78 Å². The molecule has 15 heavy (non-hydrogen) atoms. The molecule has 0 spiro atoms. The Morgan fingerprint density at radius 1 is 1.47 bits per heavy atom. The predicted molar refractivity (Wildman–Crippen MR) is 59.1 cm³/mol. The van der Waals surface area contributed by atoms with Crippen LogP contribution in [-0.4, -0.2) is 32.7 Å². The lowest BCUT2D eigenvalue weighted by Gasteiger charge is -2.21. The first-order valence-electron chi connectivity index (χ1n) is 6.43. The molecule has 0 unspecified atom stereocenters. The van der Waals surface area contributed by atoms with Crippen molar-refractivity contribution in [3.63, 3.8) is 0 Å². The highest BCUT2D eigenvalue weighted by Crippen LogP contribution is 2.14. The third-order valence-corrected chi connectivity index (χ3v) is 2.32. The van der Waals surface area contributed by atoms with Crippen LogP contribution in [-0.2, 0) is 0 Å². The second-order valence-corrected chi connectivity index (χ2v) is 3.14. The monoisotopic (exact) mass is 208 g/mol. The van der Waals surface area contributed by atoms with Gasteiger partial charge in [-0.15, -0.1) is 0 Å². The number of hydrogen-bond donors (Lipinski definition) is 0. The maximum atomic E-state index is 7.45. The van der Waals surface area contributed by atoms with E-state index in [0.29, 0.717) is 11.6 Å². The molecule has 2 aromatic heterocycles. The Bertz CT molecular complexity index is 544. The highest BCUT2D eigenvalue weighted by molar-refractivity contribution is 5.46. The summed E-state index contributed by atoms with van der Waals surface area (Å²) in [6.07, 6.45) is 1.37. The fourth-order valence-electron chi connectivity index (χ4n) is 1.57. The molecular formula is C10H15N5. The van der Waals surface area contributed by atoms with E-state index in [0.717, 1.165) is 13.1 Å². The van der Waals surface area contributed by atoms with E-state index in [1.54, 1.807) is 10.6 Å². The van der Waals surface area contributed by atoms with Gasteiger partial charge in [0.05, 0.1) is 0 Å². The molecule has 0 N–H and O–H groups in total. The molecule has 0 aliphatic carbocycles. The van der Waals surface area contributed by atoms with Gasteiger partial charge in [-0.05, 0) is 20.7 Å². The van der Waals surface area contributed by atoms with Gasteiger partial charge >= 0.3 is 0 Å². The molecule has 5 nitrogen and oxygen atoms in total. The Labute approximate surface area is 93.0 Å². The summed E-state index contributed by atoms with van der Waals surface area (Å²) < 4.78 is 23.9. The molecule has 2 aromatic rings. The lowest BCUT2D eigenvalue weighted by atomic mass is 10.4. The van der Waals surface area contributed by atoms with Gasteiger partial charge in [-0.3, -0.25) is 0 Å². The SMILES string of the molecule is [2H]C([2H])([2H])c1cc(N(CC)CC)n2ncnc2n1. The average molecular weight is 208 g/mol. The molecular weight excluding hydrogens is 190 g/mol. The van der Waals surface area contributed by atoms with Crippen molar-refractivity contribution in [2.45, 2.75) is 20.7 Å². The molecule has 0 saturated heterocycles. The first-order valence-corrected chi connectivity index (χ1v) is 4.93. The van der Waals surface area contributed by atoms with E-state index in [-0.39, 0.29) is 5.69 Å². The van der Waals surface area contributed by atoms with Crippen molar-refractivity contribution in [3.8, 4) is 0 Å². The highest BCUT2D eigenvalue weighted by Gasteiger charge is 2.09. The maximum Gasteiger partial charge on any atom is 0.254 e. The fourth-order valence-corrected chi connectivity index (χ4v) is 1.57. The number of rotatable bonds is 3. The van der Waals surface area contributed by atoms with Gasteiger partial charge in [0.2, 0.25) is 0 Å². The first kappa shape index (κ1) is 6.76. The average Bonchev–Trinajstić information content (AvgIpc) is 2.77. The van der Waals surface area contributed by atoms with E-state index in [9.17, 15) is 0 Å². The van der Waals surface area contributed by atoms with Gasteiger partial charge in [-0.2, -0.15) is 14.6 Å². The minimum absolute atomic E-state index is 0.0462. The third-order valence-electron chi connectivity index (χ3n) is 2.32. The van der Waals surface area contributed by atoms with Gasteiger partial charge in [0.15, 0.2) is 0 Å². The molecule has 0 saturated carbocycles. The van der Waals surface area contributed by atoms with Crippen molar-refractivity contribution in [1.82, 2.24) is 19.6 Å². The van der Waals surface area contributed by atoms with Crippen molar-refractivity contribution < 1.29 is 4.11 Å². The van der Waals surface area contributed by atoms with E-state index >= 15 is 0 Å².